The molecule has 1 aliphatic heterocycles. The first-order valence-electron chi connectivity index (χ1n) is 7.41. The number of hydrogen-bond donors (Lipinski definition) is 1. The monoisotopic (exact) mass is 441 g/mol. The lowest BCUT2D eigenvalue weighted by molar-refractivity contribution is 0.174. The Bertz CT molecular complexity index is 683. The summed E-state index contributed by atoms with van der Waals surface area (Å²) < 4.78 is 18.3. The Morgan fingerprint density at radius 2 is 1.83 bits per heavy atom. The molecule has 0 bridgehead atoms. The van der Waals surface area contributed by atoms with Gasteiger partial charge in [0.25, 0.3) is 0 Å². The summed E-state index contributed by atoms with van der Waals surface area (Å²) in [5.41, 5.74) is 2.14. The Morgan fingerprint density at radius 3 is 2.57 bits per heavy atom. The minimum absolute atomic E-state index is 0.290. The molecule has 6 heteroatoms. The molecule has 0 unspecified atom stereocenters. The highest BCUT2D eigenvalue weighted by molar-refractivity contribution is 9.11. The van der Waals surface area contributed by atoms with E-state index in [1.165, 1.54) is 0 Å². The zero-order chi connectivity index (χ0) is 16.2. The van der Waals surface area contributed by atoms with Crippen LogP contribution >= 0.6 is 31.9 Å². The lowest BCUT2D eigenvalue weighted by Crippen LogP contribution is -2.01. The van der Waals surface area contributed by atoms with Crippen molar-refractivity contribution in [3.63, 3.8) is 0 Å². The van der Waals surface area contributed by atoms with Crippen LogP contribution < -0.4 is 19.5 Å². The molecular formula is C17H17Br2NO3. The van der Waals surface area contributed by atoms with Gasteiger partial charge in [-0.3, -0.25) is 0 Å². The number of nitrogens with one attached hydrogen (secondary N) is 1. The maximum absolute atomic E-state index is 5.74. The molecule has 4 nitrogen and oxygen atoms in total. The van der Waals surface area contributed by atoms with E-state index in [1.807, 2.05) is 18.2 Å². The van der Waals surface area contributed by atoms with Gasteiger partial charge < -0.3 is 19.5 Å². The number of rotatable bonds is 6. The van der Waals surface area contributed by atoms with Crippen LogP contribution in [-0.4, -0.2) is 13.4 Å². The first-order chi connectivity index (χ1) is 11.2. The van der Waals surface area contributed by atoms with Gasteiger partial charge in [0.05, 0.1) is 15.6 Å². The zero-order valence-electron chi connectivity index (χ0n) is 12.7. The molecule has 2 aromatic rings. The average molecular weight is 443 g/mol. The summed E-state index contributed by atoms with van der Waals surface area (Å²) in [6.45, 7) is 3.78. The van der Waals surface area contributed by atoms with E-state index >= 15 is 0 Å². The summed E-state index contributed by atoms with van der Waals surface area (Å²) in [4.78, 5) is 0. The molecule has 2 aromatic carbocycles. The molecule has 1 aliphatic rings. The molecule has 0 fully saturated rings. The fourth-order valence-electron chi connectivity index (χ4n) is 2.27. The van der Waals surface area contributed by atoms with Crippen LogP contribution in [0.4, 0.5) is 5.69 Å². The van der Waals surface area contributed by atoms with Crippen LogP contribution in [0.1, 0.15) is 18.9 Å². The largest absolute Gasteiger partial charge is 0.491 e. The van der Waals surface area contributed by atoms with Gasteiger partial charge in [-0.25, -0.2) is 0 Å². The predicted octanol–water partition coefficient (Wildman–Crippen LogP) is 5.34. The summed E-state index contributed by atoms with van der Waals surface area (Å²) in [7, 11) is 0. The molecule has 0 spiro atoms. The Kier molecular flexibility index (Phi) is 5.33. The Labute approximate surface area is 152 Å². The second kappa shape index (κ2) is 7.45. The fourth-order valence-corrected chi connectivity index (χ4v) is 3.78. The van der Waals surface area contributed by atoms with E-state index in [4.69, 9.17) is 14.2 Å². The van der Waals surface area contributed by atoms with Gasteiger partial charge in [-0.2, -0.15) is 0 Å². The van der Waals surface area contributed by atoms with Crippen LogP contribution in [-0.2, 0) is 6.54 Å². The van der Waals surface area contributed by atoms with E-state index in [0.29, 0.717) is 13.2 Å². The molecular weight excluding hydrogens is 426 g/mol. The van der Waals surface area contributed by atoms with Crippen LogP contribution in [0.2, 0.25) is 0 Å². The van der Waals surface area contributed by atoms with Gasteiger partial charge in [0, 0.05) is 18.3 Å². The normalized spacial score (nSPS) is 12.3. The van der Waals surface area contributed by atoms with Gasteiger partial charge in [0.1, 0.15) is 5.75 Å². The number of anilines is 1. The van der Waals surface area contributed by atoms with Gasteiger partial charge in [-0.1, -0.05) is 6.92 Å². The van der Waals surface area contributed by atoms with Crippen LogP contribution in [0.15, 0.2) is 39.3 Å². The van der Waals surface area contributed by atoms with E-state index in [0.717, 1.165) is 43.9 Å². The van der Waals surface area contributed by atoms with E-state index in [9.17, 15) is 0 Å². The zero-order valence-corrected chi connectivity index (χ0v) is 15.9. The van der Waals surface area contributed by atoms with Gasteiger partial charge in [0.2, 0.25) is 6.79 Å². The number of halogens is 2. The summed E-state index contributed by atoms with van der Waals surface area (Å²) in [6.07, 6.45) is 0.978. The Hall–Kier alpha value is -1.40. The molecule has 0 saturated heterocycles. The molecule has 1 heterocycles. The number of benzene rings is 2. The second-order valence-corrected chi connectivity index (χ2v) is 6.87. The van der Waals surface area contributed by atoms with Crippen molar-refractivity contribution in [1.29, 1.82) is 0 Å². The molecule has 0 atom stereocenters. The molecule has 122 valence electrons. The molecule has 0 aromatic heterocycles. The average Bonchev–Trinajstić information content (AvgIpc) is 3.00. The SMILES string of the molecule is CCCOc1c(Br)cc(CNc2ccc3c(c2)OCO3)cc1Br. The smallest absolute Gasteiger partial charge is 0.231 e. The number of ether oxygens (including phenoxy) is 3. The molecule has 0 aliphatic carbocycles. The summed E-state index contributed by atoms with van der Waals surface area (Å²) in [6, 6.07) is 9.98. The van der Waals surface area contributed by atoms with Crippen LogP contribution in [0.25, 0.3) is 0 Å². The van der Waals surface area contributed by atoms with E-state index < -0.39 is 0 Å². The molecule has 0 saturated carbocycles. The van der Waals surface area contributed by atoms with Crippen LogP contribution in [0.5, 0.6) is 17.2 Å². The van der Waals surface area contributed by atoms with Crippen LogP contribution in [0, 0.1) is 0 Å². The van der Waals surface area contributed by atoms with E-state index in [-0.39, 0.29) is 6.79 Å². The fraction of sp³-hybridized carbons (Fsp3) is 0.294. The number of fused-ring (bicyclic) bond motifs is 1. The molecule has 0 radical (unpaired) electrons. The van der Waals surface area contributed by atoms with Crippen molar-refractivity contribution in [1.82, 2.24) is 0 Å². The van der Waals surface area contributed by atoms with Crippen molar-refractivity contribution in [2.45, 2.75) is 19.9 Å². The lowest BCUT2D eigenvalue weighted by atomic mass is 10.2. The maximum atomic E-state index is 5.74. The third kappa shape index (κ3) is 3.93. The summed E-state index contributed by atoms with van der Waals surface area (Å²) >= 11 is 7.15. The summed E-state index contributed by atoms with van der Waals surface area (Å²) in [5, 5.41) is 3.39. The Morgan fingerprint density at radius 1 is 1.09 bits per heavy atom. The highest BCUT2D eigenvalue weighted by Crippen LogP contribution is 2.36. The van der Waals surface area contributed by atoms with Gasteiger partial charge in [0.15, 0.2) is 11.5 Å². The number of hydrogen-bond acceptors (Lipinski definition) is 4. The predicted molar refractivity (Wildman–Crippen MR) is 97.5 cm³/mol. The first kappa shape index (κ1) is 16.5. The van der Waals surface area contributed by atoms with Gasteiger partial charge >= 0.3 is 0 Å². The standard InChI is InChI=1S/C17H17Br2NO3/c1-2-5-21-17-13(18)6-11(7-14(17)19)9-20-12-3-4-15-16(8-12)23-10-22-15/h3-4,6-8,20H,2,5,9-10H2,1H3. The highest BCUT2D eigenvalue weighted by Gasteiger charge is 2.13. The summed E-state index contributed by atoms with van der Waals surface area (Å²) in [5.74, 6) is 2.41. The third-order valence-electron chi connectivity index (χ3n) is 3.38. The van der Waals surface area contributed by atoms with Crippen molar-refractivity contribution >= 4 is 37.5 Å². The van der Waals surface area contributed by atoms with Crippen molar-refractivity contribution in [2.24, 2.45) is 0 Å². The second-order valence-electron chi connectivity index (χ2n) is 5.16. The molecule has 3 rings (SSSR count). The van der Waals surface area contributed by atoms with E-state index in [2.05, 4.69) is 56.2 Å². The minimum Gasteiger partial charge on any atom is -0.491 e. The Balaban J connectivity index is 1.68. The highest BCUT2D eigenvalue weighted by atomic mass is 79.9. The molecule has 1 N–H and O–H groups in total. The van der Waals surface area contributed by atoms with E-state index in [1.54, 1.807) is 0 Å². The van der Waals surface area contributed by atoms with Gasteiger partial charge in [-0.15, -0.1) is 0 Å². The quantitative estimate of drug-likeness (QED) is 0.655. The molecule has 0 amide bonds. The van der Waals surface area contributed by atoms with Crippen molar-refractivity contribution in [2.75, 3.05) is 18.7 Å². The molecule has 23 heavy (non-hydrogen) atoms. The van der Waals surface area contributed by atoms with Crippen molar-refractivity contribution in [3.8, 4) is 17.2 Å². The van der Waals surface area contributed by atoms with Gasteiger partial charge in [-0.05, 0) is 68.1 Å². The maximum Gasteiger partial charge on any atom is 0.231 e. The van der Waals surface area contributed by atoms with Crippen LogP contribution in [0.3, 0.4) is 0 Å². The topological polar surface area (TPSA) is 39.7 Å². The lowest BCUT2D eigenvalue weighted by Gasteiger charge is -2.13. The third-order valence-corrected chi connectivity index (χ3v) is 4.56. The van der Waals surface area contributed by atoms with Crippen molar-refractivity contribution < 1.29 is 14.2 Å². The minimum atomic E-state index is 0.290. The van der Waals surface area contributed by atoms with Crippen molar-refractivity contribution in [3.05, 3.63) is 44.8 Å². The first-order valence-corrected chi connectivity index (χ1v) is 9.00.